The molecule has 0 aliphatic heterocycles. The second-order valence-electron chi connectivity index (χ2n) is 7.55. The molecule has 0 saturated heterocycles. The van der Waals surface area contributed by atoms with Gasteiger partial charge in [-0.3, -0.25) is 9.59 Å². The molecule has 0 unspecified atom stereocenters. The number of amides is 2. The summed E-state index contributed by atoms with van der Waals surface area (Å²) in [4.78, 5) is 25.2. The van der Waals surface area contributed by atoms with Crippen molar-refractivity contribution in [3.63, 3.8) is 0 Å². The maximum atomic E-state index is 13.6. The highest BCUT2D eigenvalue weighted by atomic mass is 127. The van der Waals surface area contributed by atoms with E-state index >= 15 is 0 Å². The molecule has 0 aromatic heterocycles. The topological polar surface area (TPSA) is 67.4 Å². The Kier molecular flexibility index (Phi) is 8.78. The second kappa shape index (κ2) is 11.1. The van der Waals surface area contributed by atoms with E-state index in [9.17, 15) is 35.9 Å². The molecule has 0 heterocycles. The predicted molar refractivity (Wildman–Crippen MR) is 141 cm³/mol. The molecule has 0 bridgehead atoms. The third kappa shape index (κ3) is 6.03. The molecule has 2 amide bonds. The maximum absolute atomic E-state index is 13.6. The lowest BCUT2D eigenvalue weighted by molar-refractivity contribution is -0.383. The molecule has 0 atom stereocenters. The van der Waals surface area contributed by atoms with E-state index in [1.807, 2.05) is 0 Å². The summed E-state index contributed by atoms with van der Waals surface area (Å²) in [5.74, 6) is -1.10. The van der Waals surface area contributed by atoms with Gasteiger partial charge in [0.25, 0.3) is 17.4 Å². The standard InChI is InChI=1S/C24H16F6I2N2O3/c1-37-22(23(25,26)27,24(28,29)30)15-11-17(31)19(18(32)12-15)34-21(36)14-8-5-9-16(10-14)33-20(35)13-6-3-2-4-7-13/h2-12H,1H3,(H,33,35)(H,34,36). The normalized spacial score (nSPS) is 12.2. The lowest BCUT2D eigenvalue weighted by atomic mass is 9.91. The first-order valence-electron chi connectivity index (χ1n) is 10.2. The van der Waals surface area contributed by atoms with E-state index in [0.29, 0.717) is 30.5 Å². The summed E-state index contributed by atoms with van der Waals surface area (Å²) < 4.78 is 85.7. The number of benzene rings is 3. The molecule has 3 rings (SSSR count). The molecular weight excluding hydrogens is 732 g/mol. The Bertz CT molecular complexity index is 1280. The van der Waals surface area contributed by atoms with E-state index in [1.165, 1.54) is 63.4 Å². The van der Waals surface area contributed by atoms with Crippen LogP contribution >= 0.6 is 45.2 Å². The highest BCUT2D eigenvalue weighted by Crippen LogP contribution is 2.53. The van der Waals surface area contributed by atoms with Gasteiger partial charge in [-0.15, -0.1) is 0 Å². The van der Waals surface area contributed by atoms with Gasteiger partial charge in [0, 0.05) is 36.6 Å². The number of hydrogen-bond acceptors (Lipinski definition) is 3. The fourth-order valence-electron chi connectivity index (χ4n) is 3.45. The van der Waals surface area contributed by atoms with E-state index in [1.54, 1.807) is 36.4 Å². The molecule has 0 fully saturated rings. The van der Waals surface area contributed by atoms with Crippen LogP contribution in [0.2, 0.25) is 0 Å². The number of methoxy groups -OCH3 is 1. The van der Waals surface area contributed by atoms with Crippen molar-refractivity contribution in [2.45, 2.75) is 18.0 Å². The summed E-state index contributed by atoms with van der Waals surface area (Å²) in [5, 5.41) is 5.16. The van der Waals surface area contributed by atoms with Crippen LogP contribution < -0.4 is 10.6 Å². The average Bonchev–Trinajstić information content (AvgIpc) is 2.81. The molecular formula is C24H16F6I2N2O3. The van der Waals surface area contributed by atoms with Gasteiger partial charge in [0.1, 0.15) is 0 Å². The molecule has 0 spiro atoms. The summed E-state index contributed by atoms with van der Waals surface area (Å²) in [5.41, 5.74) is -4.91. The van der Waals surface area contributed by atoms with Crippen molar-refractivity contribution in [2.24, 2.45) is 0 Å². The molecule has 196 valence electrons. The zero-order valence-electron chi connectivity index (χ0n) is 18.6. The summed E-state index contributed by atoms with van der Waals surface area (Å²) in [7, 11) is 0.333. The summed E-state index contributed by atoms with van der Waals surface area (Å²) in [6.45, 7) is 0. The van der Waals surface area contributed by atoms with Gasteiger partial charge in [0.2, 0.25) is 0 Å². The minimum Gasteiger partial charge on any atom is -0.357 e. The fraction of sp³-hybridized carbons (Fsp3) is 0.167. The largest absolute Gasteiger partial charge is 0.430 e. The number of carbonyl (C=O) groups excluding carboxylic acids is 2. The van der Waals surface area contributed by atoms with Gasteiger partial charge in [0.05, 0.1) is 5.69 Å². The van der Waals surface area contributed by atoms with Crippen LogP contribution in [0.3, 0.4) is 0 Å². The third-order valence-electron chi connectivity index (χ3n) is 5.21. The second-order valence-corrected chi connectivity index (χ2v) is 9.88. The van der Waals surface area contributed by atoms with E-state index in [0.717, 1.165) is 0 Å². The molecule has 5 nitrogen and oxygen atoms in total. The molecule has 3 aromatic rings. The summed E-state index contributed by atoms with van der Waals surface area (Å²) in [6.07, 6.45) is -11.6. The molecule has 3 aromatic carbocycles. The van der Waals surface area contributed by atoms with Gasteiger partial charge < -0.3 is 15.4 Å². The van der Waals surface area contributed by atoms with Crippen LogP contribution in [0.25, 0.3) is 0 Å². The van der Waals surface area contributed by atoms with Crippen LogP contribution in [0.15, 0.2) is 66.7 Å². The van der Waals surface area contributed by atoms with Gasteiger partial charge in [-0.05, 0) is 87.6 Å². The van der Waals surface area contributed by atoms with E-state index in [4.69, 9.17) is 0 Å². The van der Waals surface area contributed by atoms with Crippen molar-refractivity contribution >= 4 is 68.4 Å². The van der Waals surface area contributed by atoms with Crippen molar-refractivity contribution in [1.29, 1.82) is 0 Å². The fourth-order valence-corrected chi connectivity index (χ4v) is 5.49. The third-order valence-corrected chi connectivity index (χ3v) is 6.91. The van der Waals surface area contributed by atoms with Gasteiger partial charge in [-0.2, -0.15) is 26.3 Å². The Morgan fingerprint density at radius 2 is 1.24 bits per heavy atom. The van der Waals surface area contributed by atoms with Crippen LogP contribution in [0.1, 0.15) is 26.3 Å². The van der Waals surface area contributed by atoms with E-state index < -0.39 is 35.3 Å². The first kappa shape index (κ1) is 29.2. The first-order valence-corrected chi connectivity index (χ1v) is 12.3. The zero-order valence-corrected chi connectivity index (χ0v) is 22.9. The lowest BCUT2D eigenvalue weighted by Gasteiger charge is -2.36. The molecule has 0 saturated carbocycles. The van der Waals surface area contributed by atoms with Crippen molar-refractivity contribution in [3.05, 3.63) is 90.6 Å². The molecule has 0 aliphatic rings. The van der Waals surface area contributed by atoms with Crippen LogP contribution in [-0.4, -0.2) is 31.3 Å². The number of halogens is 8. The Labute approximate surface area is 234 Å². The van der Waals surface area contributed by atoms with Crippen molar-refractivity contribution < 1.29 is 40.7 Å². The monoisotopic (exact) mass is 748 g/mol. The number of alkyl halides is 6. The first-order chi connectivity index (χ1) is 17.2. The summed E-state index contributed by atoms with van der Waals surface area (Å²) >= 11 is 3.08. The van der Waals surface area contributed by atoms with Crippen LogP contribution in [-0.2, 0) is 10.3 Å². The van der Waals surface area contributed by atoms with Gasteiger partial charge in [-0.1, -0.05) is 24.3 Å². The highest BCUT2D eigenvalue weighted by molar-refractivity contribution is 14.1. The number of rotatable bonds is 6. The number of hydrogen-bond donors (Lipinski definition) is 2. The Morgan fingerprint density at radius 3 is 1.76 bits per heavy atom. The number of nitrogens with one attached hydrogen (secondary N) is 2. The van der Waals surface area contributed by atoms with E-state index in [2.05, 4.69) is 15.4 Å². The Balaban J connectivity index is 1.89. The predicted octanol–water partition coefficient (Wildman–Crippen LogP) is 7.37. The van der Waals surface area contributed by atoms with Gasteiger partial charge in [0.15, 0.2) is 0 Å². The maximum Gasteiger partial charge on any atom is 0.430 e. The number of anilines is 2. The smallest absolute Gasteiger partial charge is 0.357 e. The van der Waals surface area contributed by atoms with Crippen LogP contribution in [0, 0.1) is 7.14 Å². The summed E-state index contributed by atoms with van der Waals surface area (Å²) in [6, 6.07) is 15.5. The van der Waals surface area contributed by atoms with Crippen molar-refractivity contribution in [3.8, 4) is 0 Å². The minimum absolute atomic E-state index is 0.0167. The number of ether oxygens (including phenoxy) is 1. The molecule has 0 aliphatic carbocycles. The molecule has 0 radical (unpaired) electrons. The SMILES string of the molecule is COC(c1cc(I)c(NC(=O)c2cccc(NC(=O)c3ccccc3)c2)c(I)c1)(C(F)(F)F)C(F)(F)F. The van der Waals surface area contributed by atoms with E-state index in [-0.39, 0.29) is 18.4 Å². The minimum atomic E-state index is -5.80. The molecule has 2 N–H and O–H groups in total. The van der Waals surface area contributed by atoms with Crippen LogP contribution in [0.4, 0.5) is 37.7 Å². The Morgan fingerprint density at radius 1 is 0.730 bits per heavy atom. The highest BCUT2D eigenvalue weighted by Gasteiger charge is 2.73. The van der Waals surface area contributed by atoms with Gasteiger partial charge >= 0.3 is 12.4 Å². The zero-order chi connectivity index (χ0) is 27.6. The Hall–Kier alpha value is -2.40. The quantitative estimate of drug-likeness (QED) is 0.205. The molecule has 13 heteroatoms. The average molecular weight is 748 g/mol. The van der Waals surface area contributed by atoms with Crippen molar-refractivity contribution in [2.75, 3.05) is 17.7 Å². The van der Waals surface area contributed by atoms with Gasteiger partial charge in [-0.25, -0.2) is 0 Å². The van der Waals surface area contributed by atoms with Crippen molar-refractivity contribution in [1.82, 2.24) is 0 Å². The lowest BCUT2D eigenvalue weighted by Crippen LogP contribution is -2.55. The van der Waals surface area contributed by atoms with Crippen LogP contribution in [0.5, 0.6) is 0 Å². The number of carbonyl (C=O) groups is 2. The molecule has 37 heavy (non-hydrogen) atoms.